The summed E-state index contributed by atoms with van der Waals surface area (Å²) in [5.41, 5.74) is -1.60. The summed E-state index contributed by atoms with van der Waals surface area (Å²) in [4.78, 5) is 12.2. The van der Waals surface area contributed by atoms with Crippen LogP contribution in [0.4, 0.5) is 18.9 Å². The van der Waals surface area contributed by atoms with Crippen molar-refractivity contribution in [1.29, 1.82) is 5.26 Å². The van der Waals surface area contributed by atoms with E-state index in [9.17, 15) is 18.0 Å². The van der Waals surface area contributed by atoms with Gasteiger partial charge in [-0.05, 0) is 35.9 Å². The van der Waals surface area contributed by atoms with Gasteiger partial charge in [0.15, 0.2) is 0 Å². The van der Waals surface area contributed by atoms with Crippen LogP contribution in [0.2, 0.25) is 10.0 Å². The van der Waals surface area contributed by atoms with E-state index in [0.717, 1.165) is 12.1 Å². The predicted molar refractivity (Wildman–Crippen MR) is 90.1 cm³/mol. The molecule has 0 aliphatic rings. The zero-order valence-electron chi connectivity index (χ0n) is 12.4. The fourth-order valence-corrected chi connectivity index (χ4v) is 2.30. The molecule has 2 aromatic rings. The molecule has 0 aliphatic heterocycles. The summed E-state index contributed by atoms with van der Waals surface area (Å²) in [6.07, 6.45) is -3.74. The molecule has 0 saturated heterocycles. The molecule has 0 aromatic heterocycles. The molecule has 0 fully saturated rings. The van der Waals surface area contributed by atoms with Crippen molar-refractivity contribution in [3.05, 3.63) is 69.2 Å². The molecule has 0 aliphatic carbocycles. The van der Waals surface area contributed by atoms with Crippen molar-refractivity contribution >= 4 is 40.9 Å². The smallest absolute Gasteiger partial charge is 0.320 e. The number of nitrogens with one attached hydrogen (secondary N) is 1. The van der Waals surface area contributed by atoms with E-state index in [1.54, 1.807) is 6.07 Å². The lowest BCUT2D eigenvalue weighted by Crippen LogP contribution is -2.14. The summed E-state index contributed by atoms with van der Waals surface area (Å²) in [7, 11) is 0. The topological polar surface area (TPSA) is 52.9 Å². The van der Waals surface area contributed by atoms with Crippen molar-refractivity contribution in [3.8, 4) is 6.07 Å². The minimum Gasteiger partial charge on any atom is -0.320 e. The monoisotopic (exact) mass is 384 g/mol. The number of nitrogens with zero attached hydrogens (tertiary/aromatic N) is 1. The Morgan fingerprint density at radius 3 is 2.48 bits per heavy atom. The van der Waals surface area contributed by atoms with E-state index in [1.165, 1.54) is 36.4 Å². The maximum absolute atomic E-state index is 13.0. The lowest BCUT2D eigenvalue weighted by molar-refractivity contribution is -0.137. The zero-order chi connectivity index (χ0) is 18.6. The van der Waals surface area contributed by atoms with E-state index >= 15 is 0 Å². The Kier molecular flexibility index (Phi) is 5.73. The highest BCUT2D eigenvalue weighted by Gasteiger charge is 2.32. The van der Waals surface area contributed by atoms with Crippen LogP contribution < -0.4 is 5.32 Å². The van der Waals surface area contributed by atoms with Crippen LogP contribution in [0.25, 0.3) is 6.08 Å². The van der Waals surface area contributed by atoms with E-state index in [1.807, 2.05) is 0 Å². The van der Waals surface area contributed by atoms with Crippen molar-refractivity contribution in [1.82, 2.24) is 0 Å². The molecule has 2 rings (SSSR count). The summed E-state index contributed by atoms with van der Waals surface area (Å²) < 4.78 is 39.0. The van der Waals surface area contributed by atoms with Gasteiger partial charge in [-0.25, -0.2) is 0 Å². The van der Waals surface area contributed by atoms with Gasteiger partial charge in [0, 0.05) is 5.02 Å². The van der Waals surface area contributed by atoms with Gasteiger partial charge in [-0.15, -0.1) is 0 Å². The highest BCUT2D eigenvalue weighted by Crippen LogP contribution is 2.33. The lowest BCUT2D eigenvalue weighted by Gasteiger charge is -2.11. The first-order valence-corrected chi connectivity index (χ1v) is 7.52. The van der Waals surface area contributed by atoms with Crippen LogP contribution in [0.1, 0.15) is 11.1 Å². The second-order valence-electron chi connectivity index (χ2n) is 4.83. The van der Waals surface area contributed by atoms with Gasteiger partial charge in [0.05, 0.1) is 16.3 Å². The normalized spacial score (nSPS) is 11.8. The number of halogens is 5. The zero-order valence-corrected chi connectivity index (χ0v) is 13.9. The molecule has 0 bridgehead atoms. The van der Waals surface area contributed by atoms with Crippen LogP contribution >= 0.6 is 23.2 Å². The predicted octanol–water partition coefficient (Wildman–Crippen LogP) is 5.56. The minimum atomic E-state index is -4.61. The molecule has 0 saturated carbocycles. The van der Waals surface area contributed by atoms with Gasteiger partial charge in [0.1, 0.15) is 11.6 Å². The van der Waals surface area contributed by atoms with E-state index in [2.05, 4.69) is 5.32 Å². The van der Waals surface area contributed by atoms with Crippen LogP contribution in [-0.4, -0.2) is 5.91 Å². The van der Waals surface area contributed by atoms with Crippen LogP contribution in [0.3, 0.4) is 0 Å². The number of amides is 1. The number of anilines is 1. The average Bonchev–Trinajstić information content (AvgIpc) is 2.55. The van der Waals surface area contributed by atoms with Crippen molar-refractivity contribution in [2.75, 3.05) is 5.32 Å². The first-order valence-electron chi connectivity index (χ1n) is 6.77. The van der Waals surface area contributed by atoms with Gasteiger partial charge < -0.3 is 5.32 Å². The van der Waals surface area contributed by atoms with Crippen LogP contribution in [0.5, 0.6) is 0 Å². The van der Waals surface area contributed by atoms with Gasteiger partial charge >= 0.3 is 6.18 Å². The number of benzene rings is 2. The lowest BCUT2D eigenvalue weighted by atomic mass is 10.0. The third-order valence-electron chi connectivity index (χ3n) is 3.11. The molecule has 0 spiro atoms. The van der Waals surface area contributed by atoms with Crippen molar-refractivity contribution < 1.29 is 18.0 Å². The molecular formula is C17H9Cl2F3N2O. The molecule has 25 heavy (non-hydrogen) atoms. The quantitative estimate of drug-likeness (QED) is 0.556. The summed E-state index contributed by atoms with van der Waals surface area (Å²) in [6.45, 7) is 0. The second kappa shape index (κ2) is 7.60. The largest absolute Gasteiger partial charge is 0.416 e. The van der Waals surface area contributed by atoms with E-state index in [4.69, 9.17) is 28.5 Å². The minimum absolute atomic E-state index is 0.143. The summed E-state index contributed by atoms with van der Waals surface area (Å²) in [5, 5.41) is 12.0. The molecule has 8 heteroatoms. The van der Waals surface area contributed by atoms with Crippen LogP contribution in [-0.2, 0) is 11.0 Å². The number of alkyl halides is 3. The first kappa shape index (κ1) is 18.8. The number of nitriles is 1. The summed E-state index contributed by atoms with van der Waals surface area (Å²) in [6, 6.07) is 10.5. The Morgan fingerprint density at radius 2 is 1.84 bits per heavy atom. The molecule has 1 amide bonds. The van der Waals surface area contributed by atoms with E-state index in [0.29, 0.717) is 5.02 Å². The Hall–Kier alpha value is -2.49. The number of hydrogen-bond donors (Lipinski definition) is 1. The summed E-state index contributed by atoms with van der Waals surface area (Å²) in [5.74, 6) is -0.899. The Labute approximate surface area is 151 Å². The second-order valence-corrected chi connectivity index (χ2v) is 5.68. The number of carbonyl (C=O) groups excluding carboxylic acids is 1. The number of rotatable bonds is 3. The van der Waals surface area contributed by atoms with Crippen LogP contribution in [0.15, 0.2) is 48.0 Å². The average molecular weight is 385 g/mol. The molecule has 0 atom stereocenters. The SMILES string of the molecule is N#C/C(=C\c1ccccc1C(F)(F)F)C(=O)Nc1cc(Cl)ccc1Cl. The van der Waals surface area contributed by atoms with Gasteiger partial charge in [-0.2, -0.15) is 18.4 Å². The highest BCUT2D eigenvalue weighted by atomic mass is 35.5. The molecule has 2 aromatic carbocycles. The number of carbonyl (C=O) groups is 1. The fraction of sp³-hybridized carbons (Fsp3) is 0.0588. The third kappa shape index (κ3) is 4.75. The third-order valence-corrected chi connectivity index (χ3v) is 3.67. The number of hydrogen-bond acceptors (Lipinski definition) is 2. The molecule has 0 radical (unpaired) electrons. The Bertz CT molecular complexity index is 886. The van der Waals surface area contributed by atoms with Gasteiger partial charge in [0.2, 0.25) is 0 Å². The standard InChI is InChI=1S/C17H9Cl2F3N2O/c18-12-5-6-14(19)15(8-12)24-16(25)11(9-23)7-10-3-1-2-4-13(10)17(20,21)22/h1-8H,(H,24,25)/b11-7+. The van der Waals surface area contributed by atoms with Gasteiger partial charge in [0.25, 0.3) is 5.91 Å². The van der Waals surface area contributed by atoms with Crippen LogP contribution in [0, 0.1) is 11.3 Å². The molecular weight excluding hydrogens is 376 g/mol. The maximum Gasteiger partial charge on any atom is 0.416 e. The molecule has 0 unspecified atom stereocenters. The van der Waals surface area contributed by atoms with Crippen molar-refractivity contribution in [3.63, 3.8) is 0 Å². The molecule has 1 N–H and O–H groups in total. The van der Waals surface area contributed by atoms with E-state index < -0.39 is 23.2 Å². The highest BCUT2D eigenvalue weighted by molar-refractivity contribution is 6.36. The Morgan fingerprint density at radius 1 is 1.16 bits per heavy atom. The molecule has 128 valence electrons. The fourth-order valence-electron chi connectivity index (χ4n) is 1.97. The van der Waals surface area contributed by atoms with Gasteiger partial charge in [-0.1, -0.05) is 41.4 Å². The maximum atomic E-state index is 13.0. The van der Waals surface area contributed by atoms with Crippen molar-refractivity contribution in [2.24, 2.45) is 0 Å². The molecule has 3 nitrogen and oxygen atoms in total. The molecule has 0 heterocycles. The Balaban J connectivity index is 2.37. The van der Waals surface area contributed by atoms with E-state index in [-0.39, 0.29) is 16.3 Å². The summed E-state index contributed by atoms with van der Waals surface area (Å²) >= 11 is 11.7. The van der Waals surface area contributed by atoms with Gasteiger partial charge in [-0.3, -0.25) is 4.79 Å². The first-order chi connectivity index (χ1) is 11.7. The van der Waals surface area contributed by atoms with Crippen molar-refractivity contribution in [2.45, 2.75) is 6.18 Å².